The Morgan fingerprint density at radius 3 is 1.97 bits per heavy atom. The number of fused-ring (bicyclic) bond motifs is 1. The molecule has 0 aromatic carbocycles. The molecule has 1 heterocycles. The van der Waals surface area contributed by atoms with E-state index in [1.54, 1.807) is 14.0 Å². The van der Waals surface area contributed by atoms with E-state index < -0.39 is 0 Å². The van der Waals surface area contributed by atoms with Crippen molar-refractivity contribution in [3.8, 4) is 12.3 Å². The van der Waals surface area contributed by atoms with Crippen molar-refractivity contribution in [3.05, 3.63) is 63.4 Å². The van der Waals surface area contributed by atoms with Gasteiger partial charge in [0, 0.05) is 19.2 Å². The summed E-state index contributed by atoms with van der Waals surface area (Å²) in [6.07, 6.45) is 24.6. The van der Waals surface area contributed by atoms with Gasteiger partial charge >= 0.3 is 5.69 Å². The normalized spacial score (nSPS) is 11.4. The van der Waals surface area contributed by atoms with Gasteiger partial charge in [-0.25, -0.2) is 4.79 Å². The van der Waals surface area contributed by atoms with Crippen LogP contribution in [-0.4, -0.2) is 37.3 Å². The van der Waals surface area contributed by atoms with Crippen molar-refractivity contribution in [1.82, 2.24) is 15.3 Å². The predicted octanol–water partition coefficient (Wildman–Crippen LogP) is 8.93. The van der Waals surface area contributed by atoms with Crippen molar-refractivity contribution in [1.29, 1.82) is 0 Å². The molecular formula is C33H62N4O. The second-order valence-electron chi connectivity index (χ2n) is 7.44. The monoisotopic (exact) mass is 530 g/mol. The van der Waals surface area contributed by atoms with Crippen LogP contribution in [0, 0.1) is 12.3 Å². The van der Waals surface area contributed by atoms with Crippen LogP contribution in [0.3, 0.4) is 0 Å². The molecule has 0 amide bonds. The van der Waals surface area contributed by atoms with Crippen molar-refractivity contribution >= 4 is 12.8 Å². The lowest BCUT2D eigenvalue weighted by molar-refractivity contribution is 0.864. The Hall–Kier alpha value is -2.84. The lowest BCUT2D eigenvalue weighted by atomic mass is 10.2. The number of nitrogens with one attached hydrogen (secondary N) is 3. The molecule has 220 valence electrons. The summed E-state index contributed by atoms with van der Waals surface area (Å²) in [6, 6.07) is 0. The fourth-order valence-corrected chi connectivity index (χ4v) is 2.37. The highest BCUT2D eigenvalue weighted by molar-refractivity contribution is 5.53. The quantitative estimate of drug-likeness (QED) is 0.264. The zero-order valence-corrected chi connectivity index (χ0v) is 27.1. The largest absolute Gasteiger partial charge is 0.323 e. The van der Waals surface area contributed by atoms with E-state index in [4.69, 9.17) is 0 Å². The lowest BCUT2D eigenvalue weighted by Gasteiger charge is -1.91. The summed E-state index contributed by atoms with van der Waals surface area (Å²) in [7, 11) is 3.57. The molecule has 5 heteroatoms. The van der Waals surface area contributed by atoms with E-state index in [-0.39, 0.29) is 5.69 Å². The molecule has 5 nitrogen and oxygen atoms in total. The molecule has 1 aromatic rings. The number of imidazole rings is 1. The topological polar surface area (TPSA) is 73.0 Å². The Kier molecular flexibility index (Phi) is 49.0. The summed E-state index contributed by atoms with van der Waals surface area (Å²) in [5, 5.41) is 2.93. The molecule has 0 radical (unpaired) electrons. The van der Waals surface area contributed by atoms with Gasteiger partial charge in [-0.2, -0.15) is 0 Å². The first kappa shape index (κ1) is 45.1. The minimum atomic E-state index is -0.127. The number of allylic oxidation sites excluding steroid dienone is 7. The van der Waals surface area contributed by atoms with Crippen LogP contribution in [0.2, 0.25) is 0 Å². The number of hydrogen-bond donors (Lipinski definition) is 3. The molecule has 1 aromatic heterocycles. The Labute approximate surface area is 237 Å². The molecule has 2 aliphatic rings. The molecule has 0 atom stereocenters. The molecule has 0 saturated heterocycles. The Morgan fingerprint density at radius 2 is 1.53 bits per heavy atom. The SMILES string of the molecule is C#CC.C=NC.CC.CC.CC1=CCc2[nH]c(=O)[nH]c2C=C1.CCC.CCC1=CCCCC=C1.CCNC. The second-order valence-corrected chi connectivity index (χ2v) is 7.44. The predicted molar refractivity (Wildman–Crippen MR) is 178 cm³/mol. The number of hydrogen-bond acceptors (Lipinski definition) is 3. The molecule has 2 aliphatic carbocycles. The standard InChI is InChI=1S/C9H10N2O.C9H14.C3H9N.C3H8.C3H4.C2H5N.2C2H6/c1-6-2-4-7-8(5-3-6)11-9(12)10-7;1-2-9-7-5-3-4-6-8-9;1-3-4-2;3*1-3-2;2*1-2/h2-4H,5H2,1H3,(H2,10,11,12);5,7-8H,2-4,6H2,1H3;4H,3H2,1-2H3;3H2,1-2H3;1H,2H3;1H2,2H3;2*1-2H3. The van der Waals surface area contributed by atoms with E-state index in [9.17, 15) is 4.79 Å². The van der Waals surface area contributed by atoms with Crippen LogP contribution >= 0.6 is 0 Å². The van der Waals surface area contributed by atoms with E-state index in [0.29, 0.717) is 0 Å². The van der Waals surface area contributed by atoms with Crippen LogP contribution < -0.4 is 11.0 Å². The number of terminal acetylenes is 1. The molecule has 0 spiro atoms. The third-order valence-electron chi connectivity index (χ3n) is 4.05. The van der Waals surface area contributed by atoms with E-state index in [2.05, 4.69) is 91.3 Å². The molecule has 0 unspecified atom stereocenters. The number of aliphatic imine (C=N–C) groups is 1. The van der Waals surface area contributed by atoms with Gasteiger partial charge in [0.1, 0.15) is 0 Å². The Balaban J connectivity index is -0.000000124. The summed E-state index contributed by atoms with van der Waals surface area (Å²) in [5.74, 6) is 2.25. The maximum absolute atomic E-state index is 10.9. The third-order valence-corrected chi connectivity index (χ3v) is 4.05. The number of aromatic nitrogens is 2. The van der Waals surface area contributed by atoms with Gasteiger partial charge < -0.3 is 20.3 Å². The molecule has 3 N–H and O–H groups in total. The van der Waals surface area contributed by atoms with E-state index in [1.807, 2.05) is 53.8 Å². The van der Waals surface area contributed by atoms with Crippen molar-refractivity contribution in [2.45, 2.75) is 108 Å². The first-order chi connectivity index (χ1) is 18.3. The molecule has 0 aliphatic heterocycles. The van der Waals surface area contributed by atoms with Crippen molar-refractivity contribution in [3.63, 3.8) is 0 Å². The summed E-state index contributed by atoms with van der Waals surface area (Å²) in [4.78, 5) is 19.6. The average Bonchev–Trinajstić information content (AvgIpc) is 3.08. The summed E-state index contributed by atoms with van der Waals surface area (Å²) in [5.41, 5.74) is 4.46. The molecule has 0 bridgehead atoms. The average molecular weight is 531 g/mol. The number of H-pyrrole nitrogens is 2. The van der Waals surface area contributed by atoms with Crippen LogP contribution in [0.1, 0.15) is 113 Å². The number of rotatable bonds is 2. The van der Waals surface area contributed by atoms with Gasteiger partial charge in [-0.05, 0) is 65.9 Å². The van der Waals surface area contributed by atoms with Gasteiger partial charge in [0.25, 0.3) is 0 Å². The molecule has 0 saturated carbocycles. The van der Waals surface area contributed by atoms with Gasteiger partial charge in [0.15, 0.2) is 0 Å². The summed E-state index contributed by atoms with van der Waals surface area (Å²) >= 11 is 0. The Bertz CT molecular complexity index is 813. The van der Waals surface area contributed by atoms with Gasteiger partial charge in [-0.3, -0.25) is 0 Å². The summed E-state index contributed by atoms with van der Waals surface area (Å²) in [6.45, 7) is 24.4. The second kappa shape index (κ2) is 41.3. The highest BCUT2D eigenvalue weighted by Gasteiger charge is 2.04. The number of nitrogens with zero attached hydrogens (tertiary/aromatic N) is 1. The minimum Gasteiger partial charge on any atom is -0.320 e. The van der Waals surface area contributed by atoms with Gasteiger partial charge in [-0.1, -0.05) is 103 Å². The first-order valence-corrected chi connectivity index (χ1v) is 14.2. The van der Waals surface area contributed by atoms with E-state index >= 15 is 0 Å². The zero-order chi connectivity index (χ0) is 30.6. The molecule has 38 heavy (non-hydrogen) atoms. The van der Waals surface area contributed by atoms with Crippen molar-refractivity contribution in [2.24, 2.45) is 4.99 Å². The lowest BCUT2D eigenvalue weighted by Crippen LogP contribution is -2.01. The van der Waals surface area contributed by atoms with Crippen LogP contribution in [0.25, 0.3) is 6.08 Å². The smallest absolute Gasteiger partial charge is 0.320 e. The first-order valence-electron chi connectivity index (χ1n) is 14.2. The van der Waals surface area contributed by atoms with Crippen LogP contribution in [-0.2, 0) is 6.42 Å². The minimum absolute atomic E-state index is 0.127. The Morgan fingerprint density at radius 1 is 1.03 bits per heavy atom. The molecular weight excluding hydrogens is 468 g/mol. The van der Waals surface area contributed by atoms with Gasteiger partial charge in [0.05, 0.1) is 5.69 Å². The third kappa shape index (κ3) is 35.3. The van der Waals surface area contributed by atoms with Gasteiger partial charge in [-0.15, -0.1) is 12.3 Å². The van der Waals surface area contributed by atoms with Crippen molar-refractivity contribution < 1.29 is 0 Å². The number of aromatic amines is 2. The van der Waals surface area contributed by atoms with Crippen LogP contribution in [0.4, 0.5) is 0 Å². The van der Waals surface area contributed by atoms with Crippen LogP contribution in [0.5, 0.6) is 0 Å². The fraction of sp³-hybridized carbons (Fsp3) is 0.576. The molecule has 3 rings (SSSR count). The van der Waals surface area contributed by atoms with E-state index in [1.165, 1.54) is 43.3 Å². The molecule has 0 fully saturated rings. The highest BCUT2D eigenvalue weighted by atomic mass is 16.1. The van der Waals surface area contributed by atoms with Crippen molar-refractivity contribution in [2.75, 3.05) is 20.6 Å². The maximum atomic E-state index is 10.9. The van der Waals surface area contributed by atoms with E-state index in [0.717, 1.165) is 24.4 Å². The maximum Gasteiger partial charge on any atom is 0.323 e. The highest BCUT2D eigenvalue weighted by Crippen LogP contribution is 2.12. The fourth-order valence-electron chi connectivity index (χ4n) is 2.37. The van der Waals surface area contributed by atoms with Gasteiger partial charge in [0.2, 0.25) is 0 Å². The zero-order valence-electron chi connectivity index (χ0n) is 27.1. The summed E-state index contributed by atoms with van der Waals surface area (Å²) < 4.78 is 0. The van der Waals surface area contributed by atoms with Crippen LogP contribution in [0.15, 0.2) is 51.3 Å².